The van der Waals surface area contributed by atoms with Crippen LogP contribution in [0.3, 0.4) is 0 Å². The summed E-state index contributed by atoms with van der Waals surface area (Å²) in [4.78, 5) is 9.35. The van der Waals surface area contributed by atoms with E-state index in [1.807, 2.05) is 48.5 Å². The van der Waals surface area contributed by atoms with Crippen LogP contribution in [0.15, 0.2) is 82.8 Å². The molecule has 0 saturated heterocycles. The maximum absolute atomic E-state index is 4.67. The fourth-order valence-corrected chi connectivity index (χ4v) is 3.09. The highest BCUT2D eigenvalue weighted by molar-refractivity contribution is 7.99. The van der Waals surface area contributed by atoms with E-state index in [0.717, 1.165) is 31.9 Å². The van der Waals surface area contributed by atoms with E-state index in [2.05, 4.69) is 34.2 Å². The van der Waals surface area contributed by atoms with Crippen molar-refractivity contribution in [1.29, 1.82) is 0 Å². The van der Waals surface area contributed by atoms with Crippen LogP contribution < -0.4 is 0 Å². The lowest BCUT2D eigenvalue weighted by Crippen LogP contribution is -1.85. The van der Waals surface area contributed by atoms with Crippen LogP contribution in [0.25, 0.3) is 21.8 Å². The summed E-state index contributed by atoms with van der Waals surface area (Å²) in [5, 5.41) is 4.26. The Morgan fingerprint density at radius 3 is 1.52 bits per heavy atom. The fraction of sp³-hybridized carbons (Fsp3) is 0. The number of fused-ring (bicyclic) bond motifs is 2. The largest absolute Gasteiger partial charge is 0.241 e. The van der Waals surface area contributed by atoms with Gasteiger partial charge in [-0.2, -0.15) is 0 Å². The number of hydrogen-bond acceptors (Lipinski definition) is 3. The van der Waals surface area contributed by atoms with Gasteiger partial charge in [0.15, 0.2) is 0 Å². The van der Waals surface area contributed by atoms with Crippen LogP contribution in [-0.2, 0) is 0 Å². The predicted molar refractivity (Wildman–Crippen MR) is 87.6 cm³/mol. The van der Waals surface area contributed by atoms with Crippen LogP contribution in [0.5, 0.6) is 0 Å². The van der Waals surface area contributed by atoms with Crippen LogP contribution in [-0.4, -0.2) is 9.97 Å². The predicted octanol–water partition coefficient (Wildman–Crippen LogP) is 4.93. The van der Waals surface area contributed by atoms with Crippen molar-refractivity contribution in [3.63, 3.8) is 0 Å². The number of pyridine rings is 2. The average molecular weight is 288 g/mol. The summed E-state index contributed by atoms with van der Waals surface area (Å²) in [6.45, 7) is 0. The summed E-state index contributed by atoms with van der Waals surface area (Å²) in [7, 11) is 0. The zero-order valence-electron chi connectivity index (χ0n) is 11.2. The minimum Gasteiger partial charge on any atom is -0.241 e. The highest BCUT2D eigenvalue weighted by Crippen LogP contribution is 2.27. The van der Waals surface area contributed by atoms with E-state index in [1.54, 1.807) is 11.8 Å². The van der Waals surface area contributed by atoms with E-state index >= 15 is 0 Å². The molecule has 0 spiro atoms. The van der Waals surface area contributed by atoms with Gasteiger partial charge in [0.1, 0.15) is 10.1 Å². The molecule has 0 saturated carbocycles. The first-order chi connectivity index (χ1) is 10.4. The second kappa shape index (κ2) is 5.19. The molecule has 4 aromatic rings. The molecular formula is C18H12N2S. The Labute approximate surface area is 126 Å². The van der Waals surface area contributed by atoms with Gasteiger partial charge in [0, 0.05) is 10.8 Å². The Morgan fingerprint density at radius 2 is 1.00 bits per heavy atom. The van der Waals surface area contributed by atoms with Gasteiger partial charge in [-0.3, -0.25) is 0 Å². The molecule has 0 fully saturated rings. The lowest BCUT2D eigenvalue weighted by Gasteiger charge is -2.04. The van der Waals surface area contributed by atoms with E-state index < -0.39 is 0 Å². The molecule has 0 radical (unpaired) electrons. The molecule has 0 bridgehead atoms. The van der Waals surface area contributed by atoms with Gasteiger partial charge in [0.2, 0.25) is 0 Å². The standard InChI is InChI=1S/C18H12N2S/c1-3-7-15-13(5-1)9-11-17(19-15)21-18-12-10-14-6-2-4-8-16(14)20-18/h1-12H. The van der Waals surface area contributed by atoms with Crippen LogP contribution >= 0.6 is 11.8 Å². The smallest absolute Gasteiger partial charge is 0.103 e. The van der Waals surface area contributed by atoms with Gasteiger partial charge in [0.05, 0.1) is 11.0 Å². The van der Waals surface area contributed by atoms with Crippen molar-refractivity contribution in [3.05, 3.63) is 72.8 Å². The second-order valence-electron chi connectivity index (χ2n) is 4.79. The van der Waals surface area contributed by atoms with Crippen LogP contribution in [0.1, 0.15) is 0 Å². The molecule has 3 heteroatoms. The van der Waals surface area contributed by atoms with Crippen molar-refractivity contribution < 1.29 is 0 Å². The van der Waals surface area contributed by atoms with Crippen LogP contribution in [0.2, 0.25) is 0 Å². The van der Waals surface area contributed by atoms with Gasteiger partial charge in [-0.05, 0) is 24.3 Å². The molecule has 0 aliphatic heterocycles. The van der Waals surface area contributed by atoms with Crippen LogP contribution in [0, 0.1) is 0 Å². The van der Waals surface area contributed by atoms with Crippen molar-refractivity contribution in [3.8, 4) is 0 Å². The first-order valence-electron chi connectivity index (χ1n) is 6.78. The first kappa shape index (κ1) is 12.4. The molecule has 0 N–H and O–H groups in total. The minimum absolute atomic E-state index is 0.969. The maximum Gasteiger partial charge on any atom is 0.103 e. The first-order valence-corrected chi connectivity index (χ1v) is 7.60. The minimum atomic E-state index is 0.969. The third-order valence-corrected chi connectivity index (χ3v) is 4.23. The van der Waals surface area contributed by atoms with E-state index in [4.69, 9.17) is 0 Å². The molecule has 0 aliphatic rings. The lowest BCUT2D eigenvalue weighted by atomic mass is 10.2. The third-order valence-electron chi connectivity index (χ3n) is 3.35. The quantitative estimate of drug-likeness (QED) is 0.523. The Kier molecular flexibility index (Phi) is 3.05. The zero-order valence-corrected chi connectivity index (χ0v) is 12.0. The lowest BCUT2D eigenvalue weighted by molar-refractivity contribution is 1.14. The molecule has 0 aliphatic carbocycles. The maximum atomic E-state index is 4.67. The molecule has 2 heterocycles. The number of benzene rings is 2. The topological polar surface area (TPSA) is 25.8 Å². The summed E-state index contributed by atoms with van der Waals surface area (Å²) in [6.07, 6.45) is 0. The monoisotopic (exact) mass is 288 g/mol. The molecule has 100 valence electrons. The van der Waals surface area contributed by atoms with Gasteiger partial charge in [-0.25, -0.2) is 9.97 Å². The number of aromatic nitrogens is 2. The van der Waals surface area contributed by atoms with Crippen molar-refractivity contribution >= 4 is 33.6 Å². The van der Waals surface area contributed by atoms with E-state index in [1.165, 1.54) is 0 Å². The summed E-state index contributed by atoms with van der Waals surface area (Å²) >= 11 is 1.60. The molecular weight excluding hydrogens is 276 g/mol. The Hall–Kier alpha value is -2.39. The number of para-hydroxylation sites is 2. The number of hydrogen-bond donors (Lipinski definition) is 0. The SMILES string of the molecule is c1ccc2nc(Sc3ccc4ccccc4n3)ccc2c1. The number of nitrogens with zero attached hydrogens (tertiary/aromatic N) is 2. The molecule has 0 atom stereocenters. The summed E-state index contributed by atoms with van der Waals surface area (Å²) < 4.78 is 0. The normalized spacial score (nSPS) is 11.0. The Bertz CT molecular complexity index is 857. The van der Waals surface area contributed by atoms with Crippen molar-refractivity contribution in [2.45, 2.75) is 10.1 Å². The van der Waals surface area contributed by atoms with E-state index in [-0.39, 0.29) is 0 Å². The molecule has 2 aromatic carbocycles. The summed E-state index contributed by atoms with van der Waals surface area (Å²) in [6, 6.07) is 24.6. The van der Waals surface area contributed by atoms with Gasteiger partial charge < -0.3 is 0 Å². The number of rotatable bonds is 2. The van der Waals surface area contributed by atoms with Crippen molar-refractivity contribution in [2.24, 2.45) is 0 Å². The molecule has 4 rings (SSSR count). The van der Waals surface area contributed by atoms with Crippen molar-refractivity contribution in [1.82, 2.24) is 9.97 Å². The van der Waals surface area contributed by atoms with Gasteiger partial charge in [-0.1, -0.05) is 60.3 Å². The van der Waals surface area contributed by atoms with Crippen molar-refractivity contribution in [2.75, 3.05) is 0 Å². The van der Waals surface area contributed by atoms with Gasteiger partial charge >= 0.3 is 0 Å². The molecule has 2 aromatic heterocycles. The Morgan fingerprint density at radius 1 is 0.524 bits per heavy atom. The Balaban J connectivity index is 1.71. The summed E-state index contributed by atoms with van der Waals surface area (Å²) in [5.41, 5.74) is 2.03. The molecule has 2 nitrogen and oxygen atoms in total. The molecule has 0 unspecified atom stereocenters. The zero-order chi connectivity index (χ0) is 14.1. The second-order valence-corrected chi connectivity index (χ2v) is 5.83. The molecule has 21 heavy (non-hydrogen) atoms. The van der Waals surface area contributed by atoms with Gasteiger partial charge in [0.25, 0.3) is 0 Å². The summed E-state index contributed by atoms with van der Waals surface area (Å²) in [5.74, 6) is 0. The van der Waals surface area contributed by atoms with E-state index in [0.29, 0.717) is 0 Å². The molecule has 0 amide bonds. The third kappa shape index (κ3) is 2.48. The highest BCUT2D eigenvalue weighted by Gasteiger charge is 2.03. The van der Waals surface area contributed by atoms with E-state index in [9.17, 15) is 0 Å². The highest BCUT2D eigenvalue weighted by atomic mass is 32.2. The van der Waals surface area contributed by atoms with Gasteiger partial charge in [-0.15, -0.1) is 0 Å². The fourth-order valence-electron chi connectivity index (χ4n) is 2.32. The van der Waals surface area contributed by atoms with Crippen LogP contribution in [0.4, 0.5) is 0 Å². The average Bonchev–Trinajstić information content (AvgIpc) is 2.55.